The lowest BCUT2D eigenvalue weighted by Gasteiger charge is -2.38. The minimum Gasteiger partial charge on any atom is -0.496 e. The third-order valence-electron chi connectivity index (χ3n) is 5.87. The van der Waals surface area contributed by atoms with E-state index >= 15 is 0 Å². The molecule has 8 nitrogen and oxygen atoms in total. The van der Waals surface area contributed by atoms with Crippen molar-refractivity contribution in [2.24, 2.45) is 0 Å². The third kappa shape index (κ3) is 4.52. The summed E-state index contributed by atoms with van der Waals surface area (Å²) in [6.07, 6.45) is 0.506. The molecule has 1 amide bonds. The third-order valence-corrected chi connectivity index (χ3v) is 5.87. The Bertz CT molecular complexity index is 1230. The van der Waals surface area contributed by atoms with Crippen LogP contribution in [0.2, 0.25) is 0 Å². The molecule has 3 aromatic rings. The molecule has 0 radical (unpaired) electrons. The Hall–Kier alpha value is -4.07. The molecule has 0 aliphatic carbocycles. The first-order chi connectivity index (χ1) is 16.4. The van der Waals surface area contributed by atoms with Crippen molar-refractivity contribution in [2.75, 3.05) is 19.0 Å². The summed E-state index contributed by atoms with van der Waals surface area (Å²) in [6, 6.07) is 18.0. The molecule has 1 heterocycles. The number of hydrogen-bond donors (Lipinski definition) is 1. The van der Waals surface area contributed by atoms with Crippen LogP contribution in [-0.2, 0) is 6.61 Å². The number of carbonyl (C=O) groups is 1. The zero-order chi connectivity index (χ0) is 24.2. The van der Waals surface area contributed by atoms with Crippen molar-refractivity contribution >= 4 is 17.3 Å². The molecule has 0 spiro atoms. The van der Waals surface area contributed by atoms with Gasteiger partial charge < -0.3 is 19.7 Å². The summed E-state index contributed by atoms with van der Waals surface area (Å²) in [6.45, 7) is 4.55. The fraction of sp³-hybridized carbons (Fsp3) is 0.269. The Morgan fingerprint density at radius 1 is 1.12 bits per heavy atom. The number of hydrogen-bond acceptors (Lipinski definition) is 6. The van der Waals surface area contributed by atoms with E-state index in [1.54, 1.807) is 26.2 Å². The first-order valence-corrected chi connectivity index (χ1v) is 11.1. The lowest BCUT2D eigenvalue weighted by atomic mass is 10.0. The number of nitrogens with zero attached hydrogens (tertiary/aromatic N) is 2. The van der Waals surface area contributed by atoms with Crippen LogP contribution in [0.25, 0.3) is 0 Å². The molecule has 8 heteroatoms. The van der Waals surface area contributed by atoms with E-state index in [1.165, 1.54) is 6.07 Å². The molecule has 0 saturated heterocycles. The molecular weight excluding hydrogens is 434 g/mol. The number of carbonyl (C=O) groups excluding carboxylic acids is 1. The minimum atomic E-state index is -0.412. The quantitative estimate of drug-likeness (QED) is 0.353. The molecule has 34 heavy (non-hydrogen) atoms. The van der Waals surface area contributed by atoms with Gasteiger partial charge in [0.2, 0.25) is 0 Å². The smallest absolute Gasteiger partial charge is 0.272 e. The van der Waals surface area contributed by atoms with Gasteiger partial charge >= 0.3 is 0 Å². The van der Waals surface area contributed by atoms with Gasteiger partial charge in [-0.2, -0.15) is 0 Å². The van der Waals surface area contributed by atoms with E-state index in [2.05, 4.69) is 5.32 Å². The second-order valence-electron chi connectivity index (χ2n) is 8.16. The van der Waals surface area contributed by atoms with Gasteiger partial charge in [-0.3, -0.25) is 14.9 Å². The highest BCUT2D eigenvalue weighted by molar-refractivity contribution is 6.01. The molecule has 0 bridgehead atoms. The molecule has 1 aliphatic heterocycles. The van der Waals surface area contributed by atoms with Crippen molar-refractivity contribution in [2.45, 2.75) is 33.0 Å². The second kappa shape index (κ2) is 9.82. The van der Waals surface area contributed by atoms with Gasteiger partial charge in [0.05, 0.1) is 17.6 Å². The fourth-order valence-electron chi connectivity index (χ4n) is 4.19. The predicted molar refractivity (Wildman–Crippen MR) is 129 cm³/mol. The maximum absolute atomic E-state index is 13.2. The summed E-state index contributed by atoms with van der Waals surface area (Å²) in [4.78, 5) is 25.7. The van der Waals surface area contributed by atoms with Gasteiger partial charge in [-0.15, -0.1) is 0 Å². The maximum Gasteiger partial charge on any atom is 0.272 e. The van der Waals surface area contributed by atoms with Crippen molar-refractivity contribution in [3.63, 3.8) is 0 Å². The molecule has 1 aliphatic rings. The number of methoxy groups -OCH3 is 1. The summed E-state index contributed by atoms with van der Waals surface area (Å²) in [5.74, 6) is 1.19. The SMILES string of the molecule is CCCN1C(=O)c2ccccc2N[C@H]1c1ccc(OC)c(COc2ccc([N+](=O)[O-])c(C)c2)c1. The number of fused-ring (bicyclic) bond motifs is 1. The normalized spacial score (nSPS) is 14.9. The van der Waals surface area contributed by atoms with E-state index in [9.17, 15) is 14.9 Å². The first-order valence-electron chi connectivity index (χ1n) is 11.1. The van der Waals surface area contributed by atoms with Crippen LogP contribution in [0.1, 0.15) is 46.6 Å². The molecule has 1 N–H and O–H groups in total. The van der Waals surface area contributed by atoms with Gasteiger partial charge in [0.1, 0.15) is 24.3 Å². The second-order valence-corrected chi connectivity index (χ2v) is 8.16. The molecule has 0 saturated carbocycles. The van der Waals surface area contributed by atoms with E-state index in [0.717, 1.165) is 23.2 Å². The zero-order valence-corrected chi connectivity index (χ0v) is 19.4. The summed E-state index contributed by atoms with van der Waals surface area (Å²) in [5, 5.41) is 14.6. The van der Waals surface area contributed by atoms with Crippen molar-refractivity contribution in [1.29, 1.82) is 0 Å². The monoisotopic (exact) mass is 461 g/mol. The highest BCUT2D eigenvalue weighted by Crippen LogP contribution is 2.35. The number of benzene rings is 3. The summed E-state index contributed by atoms with van der Waals surface area (Å²) in [7, 11) is 1.59. The number of nitrogens with one attached hydrogen (secondary N) is 1. The largest absolute Gasteiger partial charge is 0.496 e. The number of ether oxygens (including phenoxy) is 2. The highest BCUT2D eigenvalue weighted by atomic mass is 16.6. The number of anilines is 1. The van der Waals surface area contributed by atoms with Crippen LogP contribution in [0.3, 0.4) is 0 Å². The highest BCUT2D eigenvalue weighted by Gasteiger charge is 2.32. The molecule has 0 aromatic heterocycles. The Labute approximate surface area is 198 Å². The molecule has 0 unspecified atom stereocenters. The van der Waals surface area contributed by atoms with E-state index < -0.39 is 4.92 Å². The number of rotatable bonds is 8. The van der Waals surface area contributed by atoms with Gasteiger partial charge in [0.25, 0.3) is 11.6 Å². The van der Waals surface area contributed by atoms with Crippen molar-refractivity contribution in [3.8, 4) is 11.5 Å². The average Bonchev–Trinajstić information content (AvgIpc) is 2.84. The molecular formula is C26H27N3O5. The topological polar surface area (TPSA) is 93.9 Å². The Morgan fingerprint density at radius 3 is 2.62 bits per heavy atom. The van der Waals surface area contributed by atoms with Crippen LogP contribution in [0.4, 0.5) is 11.4 Å². The van der Waals surface area contributed by atoms with Crippen LogP contribution < -0.4 is 14.8 Å². The number of nitro benzene ring substituents is 1. The average molecular weight is 462 g/mol. The van der Waals surface area contributed by atoms with Crippen LogP contribution in [0.5, 0.6) is 11.5 Å². The number of nitro groups is 1. The fourth-order valence-corrected chi connectivity index (χ4v) is 4.19. The standard InChI is InChI=1S/C26H27N3O5/c1-4-13-28-25(27-22-8-6-5-7-21(22)26(28)30)18-9-12-24(33-3)19(15-18)16-34-20-10-11-23(29(31)32)17(2)14-20/h5-12,14-15,25,27H,4,13,16H2,1-3H3/t25-/m1/s1. The van der Waals surface area contributed by atoms with Gasteiger partial charge in [-0.05, 0) is 55.3 Å². The first kappa shape index (κ1) is 23.1. The van der Waals surface area contributed by atoms with Crippen LogP contribution in [0.15, 0.2) is 60.7 Å². The number of para-hydroxylation sites is 1. The lowest BCUT2D eigenvalue weighted by molar-refractivity contribution is -0.385. The number of amides is 1. The molecule has 3 aromatic carbocycles. The lowest BCUT2D eigenvalue weighted by Crippen LogP contribution is -2.43. The van der Waals surface area contributed by atoms with Crippen molar-refractivity contribution < 1.29 is 19.2 Å². The van der Waals surface area contributed by atoms with Gasteiger partial charge in [-0.1, -0.05) is 25.1 Å². The van der Waals surface area contributed by atoms with Crippen molar-refractivity contribution in [1.82, 2.24) is 4.90 Å². The van der Waals surface area contributed by atoms with Crippen molar-refractivity contribution in [3.05, 3.63) is 93.0 Å². The summed E-state index contributed by atoms with van der Waals surface area (Å²) < 4.78 is 11.5. The molecule has 1 atom stereocenters. The summed E-state index contributed by atoms with van der Waals surface area (Å²) >= 11 is 0. The minimum absolute atomic E-state index is 0.00354. The van der Waals surface area contributed by atoms with E-state index in [0.29, 0.717) is 29.2 Å². The Morgan fingerprint density at radius 2 is 1.91 bits per heavy atom. The van der Waals surface area contributed by atoms with Gasteiger partial charge in [-0.25, -0.2) is 0 Å². The van der Waals surface area contributed by atoms with E-state index in [-0.39, 0.29) is 24.4 Å². The van der Waals surface area contributed by atoms with E-state index in [4.69, 9.17) is 9.47 Å². The van der Waals surface area contributed by atoms with E-state index in [1.807, 2.05) is 54.3 Å². The number of aryl methyl sites for hydroxylation is 1. The molecule has 176 valence electrons. The Kier molecular flexibility index (Phi) is 6.67. The van der Waals surface area contributed by atoms with Crippen LogP contribution >= 0.6 is 0 Å². The summed E-state index contributed by atoms with van der Waals surface area (Å²) in [5.41, 5.74) is 3.77. The van der Waals surface area contributed by atoms with Gasteiger partial charge in [0, 0.05) is 29.4 Å². The van der Waals surface area contributed by atoms with Gasteiger partial charge in [0.15, 0.2) is 0 Å². The van der Waals surface area contributed by atoms with Crippen LogP contribution in [-0.4, -0.2) is 29.4 Å². The molecule has 4 rings (SSSR count). The zero-order valence-electron chi connectivity index (χ0n) is 19.4. The Balaban J connectivity index is 1.62. The van der Waals surface area contributed by atoms with Crippen LogP contribution in [0, 0.1) is 17.0 Å². The molecule has 0 fully saturated rings. The maximum atomic E-state index is 13.2. The predicted octanol–water partition coefficient (Wildman–Crippen LogP) is 5.47.